The second-order valence-corrected chi connectivity index (χ2v) is 6.67. The van der Waals surface area contributed by atoms with Crippen molar-refractivity contribution in [2.24, 2.45) is 0 Å². The lowest BCUT2D eigenvalue weighted by atomic mass is 10.0. The third kappa shape index (κ3) is 3.02. The van der Waals surface area contributed by atoms with Crippen LogP contribution in [0.3, 0.4) is 0 Å². The Hall–Kier alpha value is -3.57. The molecule has 0 bridgehead atoms. The zero-order chi connectivity index (χ0) is 18.9. The van der Waals surface area contributed by atoms with E-state index in [1.165, 1.54) is 0 Å². The number of rotatable bonds is 3. The van der Waals surface area contributed by atoms with Crippen LogP contribution in [0.15, 0.2) is 83.6 Å². The van der Waals surface area contributed by atoms with Gasteiger partial charge in [0.15, 0.2) is 0 Å². The molecular weight excluding hydrogens is 372 g/mol. The highest BCUT2D eigenvalue weighted by atomic mass is 35.5. The van der Waals surface area contributed by atoms with Crippen LogP contribution in [0.2, 0.25) is 5.02 Å². The van der Waals surface area contributed by atoms with Crippen molar-refractivity contribution in [3.05, 3.63) is 84.1 Å². The number of aromatic nitrogens is 4. The van der Waals surface area contributed by atoms with Crippen molar-refractivity contribution in [2.75, 3.05) is 0 Å². The lowest BCUT2D eigenvalue weighted by Crippen LogP contribution is -1.90. The molecule has 5 nitrogen and oxygen atoms in total. The monoisotopic (exact) mass is 384 g/mol. The minimum atomic E-state index is 0.445. The molecule has 0 aliphatic heterocycles. The lowest BCUT2D eigenvalue weighted by molar-refractivity contribution is 0.432. The van der Waals surface area contributed by atoms with Gasteiger partial charge < -0.3 is 4.52 Å². The Bertz CT molecular complexity index is 1270. The van der Waals surface area contributed by atoms with Gasteiger partial charge in [-0.05, 0) is 36.4 Å². The van der Waals surface area contributed by atoms with Gasteiger partial charge in [0.1, 0.15) is 0 Å². The molecule has 0 amide bonds. The number of hydrogen-bond acceptors (Lipinski definition) is 5. The molecule has 0 fully saturated rings. The minimum absolute atomic E-state index is 0.445. The average molecular weight is 385 g/mol. The van der Waals surface area contributed by atoms with Crippen LogP contribution >= 0.6 is 11.6 Å². The smallest absolute Gasteiger partial charge is 0.259 e. The summed E-state index contributed by atoms with van der Waals surface area (Å²) in [4.78, 5) is 13.4. The lowest BCUT2D eigenvalue weighted by Gasteiger charge is -2.07. The molecule has 0 saturated heterocycles. The highest BCUT2D eigenvalue weighted by Gasteiger charge is 2.16. The molecular formula is C22H13ClN4O. The van der Waals surface area contributed by atoms with E-state index in [-0.39, 0.29) is 0 Å². The second-order valence-electron chi connectivity index (χ2n) is 6.24. The first kappa shape index (κ1) is 16.6. The summed E-state index contributed by atoms with van der Waals surface area (Å²) in [5, 5.41) is 5.77. The van der Waals surface area contributed by atoms with Gasteiger partial charge in [-0.15, -0.1) is 0 Å². The van der Waals surface area contributed by atoms with Gasteiger partial charge in [-0.1, -0.05) is 47.1 Å². The maximum Gasteiger partial charge on any atom is 0.259 e. The Kier molecular flexibility index (Phi) is 4.07. The summed E-state index contributed by atoms with van der Waals surface area (Å²) < 4.78 is 5.59. The van der Waals surface area contributed by atoms with Crippen LogP contribution in [0.5, 0.6) is 0 Å². The zero-order valence-corrected chi connectivity index (χ0v) is 15.3. The molecule has 5 aromatic rings. The normalized spacial score (nSPS) is 11.0. The number of nitrogens with zero attached hydrogens (tertiary/aromatic N) is 4. The van der Waals surface area contributed by atoms with Gasteiger partial charge in [0.25, 0.3) is 5.89 Å². The van der Waals surface area contributed by atoms with E-state index in [0.29, 0.717) is 16.7 Å². The molecule has 3 aromatic heterocycles. The fourth-order valence-electron chi connectivity index (χ4n) is 3.07. The van der Waals surface area contributed by atoms with Crippen LogP contribution in [0.1, 0.15) is 0 Å². The van der Waals surface area contributed by atoms with Crippen molar-refractivity contribution in [2.45, 2.75) is 0 Å². The number of pyridine rings is 2. The minimum Gasteiger partial charge on any atom is -0.334 e. The summed E-state index contributed by atoms with van der Waals surface area (Å²) in [6.07, 6.45) is 3.40. The van der Waals surface area contributed by atoms with Crippen LogP contribution in [-0.4, -0.2) is 20.1 Å². The summed E-state index contributed by atoms with van der Waals surface area (Å²) in [5.41, 5.74) is 4.32. The molecule has 0 saturated carbocycles. The van der Waals surface area contributed by atoms with Gasteiger partial charge >= 0.3 is 0 Å². The Morgan fingerprint density at radius 1 is 0.786 bits per heavy atom. The van der Waals surface area contributed by atoms with E-state index in [4.69, 9.17) is 21.1 Å². The van der Waals surface area contributed by atoms with Crippen LogP contribution in [-0.2, 0) is 0 Å². The van der Waals surface area contributed by atoms with Gasteiger partial charge in [-0.25, -0.2) is 4.98 Å². The van der Waals surface area contributed by atoms with Gasteiger partial charge in [-0.2, -0.15) is 4.98 Å². The predicted molar refractivity (Wildman–Crippen MR) is 109 cm³/mol. The van der Waals surface area contributed by atoms with Crippen molar-refractivity contribution in [1.29, 1.82) is 0 Å². The van der Waals surface area contributed by atoms with E-state index in [9.17, 15) is 0 Å². The van der Waals surface area contributed by atoms with E-state index in [0.717, 1.165) is 33.3 Å². The largest absolute Gasteiger partial charge is 0.334 e. The molecule has 0 aliphatic rings. The highest BCUT2D eigenvalue weighted by molar-refractivity contribution is 6.30. The second kappa shape index (κ2) is 6.87. The Morgan fingerprint density at radius 2 is 1.57 bits per heavy atom. The van der Waals surface area contributed by atoms with E-state index in [1.807, 2.05) is 66.7 Å². The molecule has 0 radical (unpaired) electrons. The van der Waals surface area contributed by atoms with E-state index in [2.05, 4.69) is 15.1 Å². The summed E-state index contributed by atoms with van der Waals surface area (Å²) in [7, 11) is 0. The maximum absolute atomic E-state index is 6.02. The Balaban J connectivity index is 1.68. The number of para-hydroxylation sites is 1. The standard InChI is InChI=1S/C22H13ClN4O/c23-16-7-5-14(6-8-16)20-13-18(17-3-1-2-4-19(17)25-20)22-26-21(27-28-22)15-9-11-24-12-10-15/h1-13H. The molecule has 6 heteroatoms. The first-order chi connectivity index (χ1) is 13.8. The maximum atomic E-state index is 6.02. The van der Waals surface area contributed by atoms with Gasteiger partial charge in [0.2, 0.25) is 5.82 Å². The first-order valence-corrected chi connectivity index (χ1v) is 9.06. The summed E-state index contributed by atoms with van der Waals surface area (Å²) in [6.45, 7) is 0. The molecule has 28 heavy (non-hydrogen) atoms. The molecule has 2 aromatic carbocycles. The fraction of sp³-hybridized carbons (Fsp3) is 0. The van der Waals surface area contributed by atoms with Crippen molar-refractivity contribution in [1.82, 2.24) is 20.1 Å². The Morgan fingerprint density at radius 3 is 2.39 bits per heavy atom. The quantitative estimate of drug-likeness (QED) is 0.401. The van der Waals surface area contributed by atoms with Crippen LogP contribution < -0.4 is 0 Å². The van der Waals surface area contributed by atoms with Crippen molar-refractivity contribution < 1.29 is 4.52 Å². The van der Waals surface area contributed by atoms with Crippen molar-refractivity contribution >= 4 is 22.5 Å². The molecule has 0 atom stereocenters. The average Bonchev–Trinajstić information content (AvgIpc) is 3.24. The first-order valence-electron chi connectivity index (χ1n) is 8.68. The SMILES string of the molecule is Clc1ccc(-c2cc(-c3nc(-c4ccncc4)no3)c3ccccc3n2)cc1. The summed E-state index contributed by atoms with van der Waals surface area (Å²) in [6, 6.07) is 21.1. The number of fused-ring (bicyclic) bond motifs is 1. The van der Waals surface area contributed by atoms with Crippen molar-refractivity contribution in [3.63, 3.8) is 0 Å². The van der Waals surface area contributed by atoms with E-state index < -0.39 is 0 Å². The number of hydrogen-bond donors (Lipinski definition) is 0. The molecule has 0 N–H and O–H groups in total. The Labute approximate surface area is 165 Å². The molecule has 5 rings (SSSR count). The van der Waals surface area contributed by atoms with E-state index in [1.54, 1.807) is 12.4 Å². The molecule has 3 heterocycles. The van der Waals surface area contributed by atoms with Crippen molar-refractivity contribution in [3.8, 4) is 34.1 Å². The predicted octanol–water partition coefficient (Wildman–Crippen LogP) is 5.67. The topological polar surface area (TPSA) is 64.7 Å². The highest BCUT2D eigenvalue weighted by Crippen LogP contribution is 2.32. The third-order valence-corrected chi connectivity index (χ3v) is 4.70. The van der Waals surface area contributed by atoms with Crippen LogP contribution in [0.4, 0.5) is 0 Å². The molecule has 0 aliphatic carbocycles. The number of benzene rings is 2. The number of halogens is 1. The van der Waals surface area contributed by atoms with Crippen LogP contribution in [0.25, 0.3) is 45.0 Å². The molecule has 0 spiro atoms. The van der Waals surface area contributed by atoms with E-state index >= 15 is 0 Å². The third-order valence-electron chi connectivity index (χ3n) is 4.45. The van der Waals surface area contributed by atoms with Crippen LogP contribution in [0, 0.1) is 0 Å². The molecule has 0 unspecified atom stereocenters. The van der Waals surface area contributed by atoms with Gasteiger partial charge in [0.05, 0.1) is 16.8 Å². The molecule has 134 valence electrons. The van der Waals surface area contributed by atoms with Gasteiger partial charge in [-0.3, -0.25) is 4.98 Å². The zero-order valence-electron chi connectivity index (χ0n) is 14.6. The summed E-state index contributed by atoms with van der Waals surface area (Å²) >= 11 is 6.02. The fourth-order valence-corrected chi connectivity index (χ4v) is 3.20. The summed E-state index contributed by atoms with van der Waals surface area (Å²) in [5.74, 6) is 0.965. The van der Waals surface area contributed by atoms with Gasteiger partial charge in [0, 0.05) is 33.9 Å².